The van der Waals surface area contributed by atoms with Gasteiger partial charge in [-0.3, -0.25) is 0 Å². The smallest absolute Gasteiger partial charge is 0.161 e. The zero-order chi connectivity index (χ0) is 15.2. The van der Waals surface area contributed by atoms with E-state index in [0.717, 1.165) is 35.0 Å². The fraction of sp³-hybridized carbons (Fsp3) is 0.375. The van der Waals surface area contributed by atoms with E-state index in [2.05, 4.69) is 9.97 Å². The van der Waals surface area contributed by atoms with Gasteiger partial charge in [-0.05, 0) is 38.1 Å². The predicted molar refractivity (Wildman–Crippen MR) is 86.6 cm³/mol. The van der Waals surface area contributed by atoms with Crippen LogP contribution >= 0.6 is 12.2 Å². The Labute approximate surface area is 130 Å². The van der Waals surface area contributed by atoms with Gasteiger partial charge in [0.1, 0.15) is 10.5 Å². The number of aromatic amines is 1. The van der Waals surface area contributed by atoms with Crippen molar-refractivity contribution in [1.29, 1.82) is 0 Å². The van der Waals surface area contributed by atoms with E-state index in [-0.39, 0.29) is 0 Å². The summed E-state index contributed by atoms with van der Waals surface area (Å²) in [6.45, 7) is 7.16. The van der Waals surface area contributed by atoms with Crippen LogP contribution in [0.25, 0.3) is 11.3 Å². The summed E-state index contributed by atoms with van der Waals surface area (Å²) in [7, 11) is 0. The van der Waals surface area contributed by atoms with Crippen molar-refractivity contribution in [1.82, 2.24) is 9.97 Å². The molecule has 1 aromatic heterocycles. The summed E-state index contributed by atoms with van der Waals surface area (Å²) in [6.07, 6.45) is 0.812. The summed E-state index contributed by atoms with van der Waals surface area (Å²) in [5.41, 5.74) is 1.95. The maximum Gasteiger partial charge on any atom is 0.161 e. The van der Waals surface area contributed by atoms with Crippen LogP contribution in [0.2, 0.25) is 0 Å². The molecule has 1 heterocycles. The topological polar surface area (TPSA) is 47.1 Å². The highest BCUT2D eigenvalue weighted by molar-refractivity contribution is 7.71. The molecule has 0 radical (unpaired) electrons. The van der Waals surface area contributed by atoms with Gasteiger partial charge in [0.05, 0.1) is 13.2 Å². The number of H-pyrrole nitrogens is 1. The number of nitrogens with zero attached hydrogens (tertiary/aromatic N) is 1. The Bertz CT molecular complexity index is 668. The van der Waals surface area contributed by atoms with E-state index in [1.165, 1.54) is 0 Å². The van der Waals surface area contributed by atoms with Crippen molar-refractivity contribution in [2.45, 2.75) is 27.2 Å². The predicted octanol–water partition coefficient (Wildman–Crippen LogP) is 4.17. The summed E-state index contributed by atoms with van der Waals surface area (Å²) in [4.78, 5) is 7.58. The first-order valence-electron chi connectivity index (χ1n) is 7.18. The summed E-state index contributed by atoms with van der Waals surface area (Å²) >= 11 is 5.22. The summed E-state index contributed by atoms with van der Waals surface area (Å²) < 4.78 is 11.8. The molecule has 2 aromatic rings. The van der Waals surface area contributed by atoms with Crippen molar-refractivity contribution in [3.63, 3.8) is 0 Å². The molecule has 0 aliphatic heterocycles. The van der Waals surface area contributed by atoms with Crippen LogP contribution in [-0.2, 0) is 6.42 Å². The summed E-state index contributed by atoms with van der Waals surface area (Å²) in [5, 5.41) is 0. The Morgan fingerprint density at radius 1 is 1.05 bits per heavy atom. The number of benzene rings is 1. The van der Waals surface area contributed by atoms with Crippen LogP contribution in [0.15, 0.2) is 24.3 Å². The molecule has 1 aromatic carbocycles. The lowest BCUT2D eigenvalue weighted by molar-refractivity contribution is 0.288. The Kier molecular flexibility index (Phi) is 5.33. The lowest BCUT2D eigenvalue weighted by atomic mass is 10.1. The van der Waals surface area contributed by atoms with Gasteiger partial charge in [0, 0.05) is 17.7 Å². The number of hydrogen-bond donors (Lipinski definition) is 1. The first-order chi connectivity index (χ1) is 10.2. The molecule has 0 aliphatic rings. The minimum absolute atomic E-state index is 0.590. The van der Waals surface area contributed by atoms with Crippen LogP contribution in [-0.4, -0.2) is 23.2 Å². The third-order valence-corrected chi connectivity index (χ3v) is 3.19. The van der Waals surface area contributed by atoms with E-state index in [9.17, 15) is 0 Å². The molecule has 0 fully saturated rings. The lowest BCUT2D eigenvalue weighted by Gasteiger charge is -2.13. The maximum atomic E-state index is 5.66. The molecule has 0 saturated carbocycles. The molecular weight excluding hydrogens is 284 g/mol. The van der Waals surface area contributed by atoms with Crippen molar-refractivity contribution < 1.29 is 9.47 Å². The molecule has 0 atom stereocenters. The van der Waals surface area contributed by atoms with E-state index in [4.69, 9.17) is 21.7 Å². The van der Waals surface area contributed by atoms with Crippen molar-refractivity contribution >= 4 is 12.2 Å². The summed E-state index contributed by atoms with van der Waals surface area (Å²) in [6, 6.07) is 7.74. The second kappa shape index (κ2) is 7.22. The van der Waals surface area contributed by atoms with Crippen LogP contribution in [0.4, 0.5) is 0 Å². The van der Waals surface area contributed by atoms with Gasteiger partial charge in [0.15, 0.2) is 11.5 Å². The molecule has 0 spiro atoms. The van der Waals surface area contributed by atoms with Crippen LogP contribution in [0, 0.1) is 4.64 Å². The Balaban J connectivity index is 2.46. The molecule has 0 unspecified atom stereocenters. The standard InChI is InChI=1S/C16H20N2O2S/c1-4-15-17-12(10-16(21)18-15)11-7-8-13(19-5-2)14(9-11)20-6-3/h7-10H,4-6H2,1-3H3,(H,17,18,21). The van der Waals surface area contributed by atoms with Gasteiger partial charge in [-0.15, -0.1) is 0 Å². The molecule has 1 N–H and O–H groups in total. The van der Waals surface area contributed by atoms with Gasteiger partial charge >= 0.3 is 0 Å². The highest BCUT2D eigenvalue weighted by Crippen LogP contribution is 2.32. The van der Waals surface area contributed by atoms with Crippen molar-refractivity contribution in [3.05, 3.63) is 34.7 Å². The average molecular weight is 304 g/mol. The Morgan fingerprint density at radius 2 is 1.76 bits per heavy atom. The second-order valence-corrected chi connectivity index (χ2v) is 4.88. The summed E-state index contributed by atoms with van der Waals surface area (Å²) in [5.74, 6) is 2.38. The third kappa shape index (κ3) is 3.82. The number of aromatic nitrogens is 2. The van der Waals surface area contributed by atoms with E-state index in [1.807, 2.05) is 45.0 Å². The monoisotopic (exact) mass is 304 g/mol. The van der Waals surface area contributed by atoms with Gasteiger partial charge in [0.2, 0.25) is 0 Å². The highest BCUT2D eigenvalue weighted by Gasteiger charge is 2.08. The fourth-order valence-electron chi connectivity index (χ4n) is 2.05. The van der Waals surface area contributed by atoms with E-state index >= 15 is 0 Å². The number of aryl methyl sites for hydroxylation is 1. The molecule has 0 bridgehead atoms. The average Bonchev–Trinajstić information content (AvgIpc) is 2.48. The van der Waals surface area contributed by atoms with Gasteiger partial charge in [0.25, 0.3) is 0 Å². The molecule has 0 saturated heterocycles. The minimum Gasteiger partial charge on any atom is -0.490 e. The van der Waals surface area contributed by atoms with Crippen molar-refractivity contribution in [2.75, 3.05) is 13.2 Å². The van der Waals surface area contributed by atoms with Gasteiger partial charge < -0.3 is 14.5 Å². The van der Waals surface area contributed by atoms with Crippen LogP contribution < -0.4 is 9.47 Å². The molecule has 21 heavy (non-hydrogen) atoms. The maximum absolute atomic E-state index is 5.66. The number of rotatable bonds is 6. The Morgan fingerprint density at radius 3 is 2.43 bits per heavy atom. The van der Waals surface area contributed by atoms with Crippen LogP contribution in [0.1, 0.15) is 26.6 Å². The molecule has 4 nitrogen and oxygen atoms in total. The molecule has 0 amide bonds. The van der Waals surface area contributed by atoms with Crippen LogP contribution in [0.5, 0.6) is 11.5 Å². The number of hydrogen-bond acceptors (Lipinski definition) is 4. The van der Waals surface area contributed by atoms with Gasteiger partial charge in [-0.2, -0.15) is 0 Å². The zero-order valence-electron chi connectivity index (χ0n) is 12.6. The fourth-order valence-corrected chi connectivity index (χ4v) is 2.28. The SMILES string of the molecule is CCOc1ccc(-c2cc(=S)nc(CC)[nH]2)cc1OCC. The zero-order valence-corrected chi connectivity index (χ0v) is 13.4. The number of ether oxygens (including phenoxy) is 2. The van der Waals surface area contributed by atoms with E-state index in [0.29, 0.717) is 17.9 Å². The minimum atomic E-state index is 0.590. The normalized spacial score (nSPS) is 10.4. The first kappa shape index (κ1) is 15.5. The third-order valence-electron chi connectivity index (χ3n) is 2.98. The molecule has 0 aliphatic carbocycles. The second-order valence-electron chi connectivity index (χ2n) is 4.46. The van der Waals surface area contributed by atoms with Crippen molar-refractivity contribution in [2.24, 2.45) is 0 Å². The van der Waals surface area contributed by atoms with Crippen LogP contribution in [0.3, 0.4) is 0 Å². The number of nitrogens with one attached hydrogen (secondary N) is 1. The van der Waals surface area contributed by atoms with Gasteiger partial charge in [-0.25, -0.2) is 4.98 Å². The lowest BCUT2D eigenvalue weighted by Crippen LogP contribution is -1.99. The molecule has 2 rings (SSSR count). The molecular formula is C16H20N2O2S. The van der Waals surface area contributed by atoms with E-state index < -0.39 is 0 Å². The highest BCUT2D eigenvalue weighted by atomic mass is 32.1. The van der Waals surface area contributed by atoms with Gasteiger partial charge in [-0.1, -0.05) is 19.1 Å². The Hall–Kier alpha value is -1.88. The first-order valence-corrected chi connectivity index (χ1v) is 7.59. The molecule has 112 valence electrons. The largest absolute Gasteiger partial charge is 0.490 e. The van der Waals surface area contributed by atoms with Crippen molar-refractivity contribution in [3.8, 4) is 22.8 Å². The molecule has 5 heteroatoms. The van der Waals surface area contributed by atoms with E-state index in [1.54, 1.807) is 0 Å². The quantitative estimate of drug-likeness (QED) is 0.814.